The molecular weight excluding hydrogens is 170 g/mol. The van der Waals surface area contributed by atoms with Crippen molar-refractivity contribution in [2.45, 2.75) is 26.2 Å². The topological polar surface area (TPSA) is 12.0 Å². The highest BCUT2D eigenvalue weighted by Crippen LogP contribution is 2.30. The molecule has 1 fully saturated rings. The second-order valence-electron chi connectivity index (χ2n) is 4.35. The molecule has 0 bridgehead atoms. The zero-order valence-corrected chi connectivity index (χ0v) is 9.09. The molecule has 0 spiro atoms. The first-order valence-electron chi connectivity index (χ1n) is 5.58. The Hall–Kier alpha value is -0.820. The summed E-state index contributed by atoms with van der Waals surface area (Å²) in [6.07, 6.45) is 1.28. The Morgan fingerprint density at radius 1 is 1.36 bits per heavy atom. The van der Waals surface area contributed by atoms with E-state index in [4.69, 9.17) is 0 Å². The highest BCUT2D eigenvalue weighted by Gasteiger charge is 2.26. The van der Waals surface area contributed by atoms with Crippen LogP contribution in [0.15, 0.2) is 24.3 Å². The van der Waals surface area contributed by atoms with E-state index in [1.807, 2.05) is 0 Å². The predicted octanol–water partition coefficient (Wildman–Crippen LogP) is 2.71. The van der Waals surface area contributed by atoms with Crippen LogP contribution in [0.1, 0.15) is 30.4 Å². The van der Waals surface area contributed by atoms with Crippen LogP contribution in [0, 0.1) is 12.8 Å². The summed E-state index contributed by atoms with van der Waals surface area (Å²) in [5, 5.41) is 3.49. The normalized spacial score (nSPS) is 26.7. The van der Waals surface area contributed by atoms with E-state index >= 15 is 0 Å². The summed E-state index contributed by atoms with van der Waals surface area (Å²) in [6, 6.07) is 8.95. The van der Waals surface area contributed by atoms with E-state index in [0.717, 1.165) is 18.4 Å². The summed E-state index contributed by atoms with van der Waals surface area (Å²) in [4.78, 5) is 0. The van der Waals surface area contributed by atoms with Crippen LogP contribution in [0.4, 0.5) is 0 Å². The number of nitrogens with one attached hydrogen (secondary N) is 1. The molecule has 1 aliphatic rings. The molecule has 76 valence electrons. The minimum Gasteiger partial charge on any atom is -0.316 e. The van der Waals surface area contributed by atoms with Crippen LogP contribution in [0.5, 0.6) is 0 Å². The lowest BCUT2D eigenvalue weighted by atomic mass is 9.87. The summed E-state index contributed by atoms with van der Waals surface area (Å²) < 4.78 is 0. The number of hydrogen-bond acceptors (Lipinski definition) is 1. The molecule has 2 rings (SSSR count). The zero-order chi connectivity index (χ0) is 9.97. The van der Waals surface area contributed by atoms with Crippen LogP contribution in [0.3, 0.4) is 0 Å². The lowest BCUT2D eigenvalue weighted by Crippen LogP contribution is -2.09. The van der Waals surface area contributed by atoms with Gasteiger partial charge in [-0.15, -0.1) is 0 Å². The lowest BCUT2D eigenvalue weighted by molar-refractivity contribution is 0.502. The average Bonchev–Trinajstić information content (AvgIpc) is 2.65. The van der Waals surface area contributed by atoms with Gasteiger partial charge in [0.05, 0.1) is 0 Å². The second-order valence-corrected chi connectivity index (χ2v) is 4.35. The van der Waals surface area contributed by atoms with Gasteiger partial charge in [0.1, 0.15) is 0 Å². The first-order valence-corrected chi connectivity index (χ1v) is 5.58. The van der Waals surface area contributed by atoms with Gasteiger partial charge in [0.2, 0.25) is 0 Å². The van der Waals surface area contributed by atoms with Crippen molar-refractivity contribution in [3.63, 3.8) is 0 Å². The first kappa shape index (κ1) is 9.72. The Kier molecular flexibility index (Phi) is 2.87. The predicted molar refractivity (Wildman–Crippen MR) is 60.6 cm³/mol. The van der Waals surface area contributed by atoms with E-state index in [2.05, 4.69) is 43.4 Å². The van der Waals surface area contributed by atoms with Gasteiger partial charge in [-0.25, -0.2) is 0 Å². The molecule has 1 aromatic carbocycles. The van der Waals surface area contributed by atoms with Crippen molar-refractivity contribution in [1.82, 2.24) is 5.32 Å². The first-order chi connectivity index (χ1) is 6.81. The van der Waals surface area contributed by atoms with Crippen molar-refractivity contribution in [2.24, 2.45) is 5.92 Å². The van der Waals surface area contributed by atoms with Gasteiger partial charge in [-0.3, -0.25) is 0 Å². The Balaban J connectivity index is 2.21. The minimum atomic E-state index is 0.736. The molecule has 1 heteroatoms. The van der Waals surface area contributed by atoms with E-state index in [-0.39, 0.29) is 0 Å². The van der Waals surface area contributed by atoms with Gasteiger partial charge in [-0.05, 0) is 24.9 Å². The molecule has 0 radical (unpaired) electrons. The SMILES string of the molecule is CC[C@@H]1CNC[C@@H]1c1cccc(C)c1. The Morgan fingerprint density at radius 3 is 2.93 bits per heavy atom. The minimum absolute atomic E-state index is 0.736. The summed E-state index contributed by atoms with van der Waals surface area (Å²) in [5.74, 6) is 1.57. The molecule has 0 aromatic heterocycles. The van der Waals surface area contributed by atoms with Crippen LogP contribution in [0.2, 0.25) is 0 Å². The molecule has 0 aliphatic carbocycles. The van der Waals surface area contributed by atoms with E-state index in [9.17, 15) is 0 Å². The molecule has 0 unspecified atom stereocenters. The fourth-order valence-electron chi connectivity index (χ4n) is 2.45. The van der Waals surface area contributed by atoms with Gasteiger partial charge >= 0.3 is 0 Å². The quantitative estimate of drug-likeness (QED) is 0.754. The van der Waals surface area contributed by atoms with Crippen LogP contribution in [-0.2, 0) is 0 Å². The van der Waals surface area contributed by atoms with Crippen molar-refractivity contribution in [3.8, 4) is 0 Å². The smallest absolute Gasteiger partial charge is 0.00234 e. The Labute approximate surface area is 86.5 Å². The van der Waals surface area contributed by atoms with E-state index in [1.54, 1.807) is 0 Å². The number of rotatable bonds is 2. The second kappa shape index (κ2) is 4.14. The molecule has 1 saturated heterocycles. The van der Waals surface area contributed by atoms with Gasteiger partial charge in [0.15, 0.2) is 0 Å². The van der Waals surface area contributed by atoms with Crippen LogP contribution >= 0.6 is 0 Å². The third-order valence-corrected chi connectivity index (χ3v) is 3.33. The van der Waals surface area contributed by atoms with Crippen molar-refractivity contribution >= 4 is 0 Å². The average molecular weight is 189 g/mol. The third-order valence-electron chi connectivity index (χ3n) is 3.33. The molecule has 14 heavy (non-hydrogen) atoms. The third kappa shape index (κ3) is 1.83. The fourth-order valence-corrected chi connectivity index (χ4v) is 2.45. The highest BCUT2D eigenvalue weighted by atomic mass is 14.9. The molecule has 0 amide bonds. The summed E-state index contributed by atoms with van der Waals surface area (Å²) in [5.41, 5.74) is 2.89. The maximum absolute atomic E-state index is 3.49. The lowest BCUT2D eigenvalue weighted by Gasteiger charge is -2.17. The maximum Gasteiger partial charge on any atom is 0.00234 e. The monoisotopic (exact) mass is 189 g/mol. The molecular formula is C13H19N. The van der Waals surface area contributed by atoms with E-state index < -0.39 is 0 Å². The van der Waals surface area contributed by atoms with Crippen LogP contribution in [0.25, 0.3) is 0 Å². The maximum atomic E-state index is 3.49. The van der Waals surface area contributed by atoms with Gasteiger partial charge in [-0.1, -0.05) is 43.2 Å². The number of hydrogen-bond donors (Lipinski definition) is 1. The van der Waals surface area contributed by atoms with E-state index in [0.29, 0.717) is 0 Å². The molecule has 1 nitrogen and oxygen atoms in total. The van der Waals surface area contributed by atoms with Gasteiger partial charge in [0, 0.05) is 12.5 Å². The largest absolute Gasteiger partial charge is 0.316 e. The van der Waals surface area contributed by atoms with Gasteiger partial charge in [-0.2, -0.15) is 0 Å². The van der Waals surface area contributed by atoms with Crippen molar-refractivity contribution in [2.75, 3.05) is 13.1 Å². The van der Waals surface area contributed by atoms with Crippen molar-refractivity contribution < 1.29 is 0 Å². The highest BCUT2D eigenvalue weighted by molar-refractivity contribution is 5.27. The molecule has 1 aromatic rings. The molecule has 1 N–H and O–H groups in total. The van der Waals surface area contributed by atoms with E-state index in [1.165, 1.54) is 24.1 Å². The fraction of sp³-hybridized carbons (Fsp3) is 0.538. The number of aryl methyl sites for hydroxylation is 1. The zero-order valence-electron chi connectivity index (χ0n) is 9.09. The molecule has 0 saturated carbocycles. The summed E-state index contributed by atoms with van der Waals surface area (Å²) >= 11 is 0. The summed E-state index contributed by atoms with van der Waals surface area (Å²) in [6.45, 7) is 6.81. The Morgan fingerprint density at radius 2 is 2.21 bits per heavy atom. The number of benzene rings is 1. The summed E-state index contributed by atoms with van der Waals surface area (Å²) in [7, 11) is 0. The van der Waals surface area contributed by atoms with Gasteiger partial charge < -0.3 is 5.32 Å². The van der Waals surface area contributed by atoms with Crippen LogP contribution in [-0.4, -0.2) is 13.1 Å². The molecule has 1 heterocycles. The standard InChI is InChI=1S/C13H19N/c1-3-11-8-14-9-13(11)12-6-4-5-10(2)7-12/h4-7,11,13-14H,3,8-9H2,1-2H3/t11-,13+/m1/s1. The van der Waals surface area contributed by atoms with Gasteiger partial charge in [0.25, 0.3) is 0 Å². The van der Waals surface area contributed by atoms with Crippen LogP contribution < -0.4 is 5.32 Å². The van der Waals surface area contributed by atoms with Crippen molar-refractivity contribution in [3.05, 3.63) is 35.4 Å². The van der Waals surface area contributed by atoms with Crippen molar-refractivity contribution in [1.29, 1.82) is 0 Å². The molecule has 1 aliphatic heterocycles. The molecule has 2 atom stereocenters. The Bertz CT molecular complexity index is 306.